The van der Waals surface area contributed by atoms with Gasteiger partial charge in [0.05, 0.1) is 18.3 Å². The monoisotopic (exact) mass is 427 g/mol. The maximum Gasteiger partial charge on any atom is 0.230 e. The van der Waals surface area contributed by atoms with Crippen molar-refractivity contribution in [2.24, 2.45) is 0 Å². The molecule has 158 valence electrons. The summed E-state index contributed by atoms with van der Waals surface area (Å²) in [6.45, 7) is 0. The van der Waals surface area contributed by atoms with E-state index >= 15 is 0 Å². The quantitative estimate of drug-likeness (QED) is 0.425. The second kappa shape index (κ2) is 9.75. The standard InChI is InChI=1S/C26H19F2N3O/c27-21-11-6-19(7-12-21)16-25(32)31-26-23(15-8-18-4-2-1-3-5-18)30-24(17-29-26)20-9-13-22(28)14-10-20/h1-15,17H,16H2,(H,29,31,32)/b15-8+. The van der Waals surface area contributed by atoms with Gasteiger partial charge in [-0.15, -0.1) is 0 Å². The zero-order chi connectivity index (χ0) is 22.3. The van der Waals surface area contributed by atoms with Crippen molar-refractivity contribution in [2.75, 3.05) is 5.32 Å². The highest BCUT2D eigenvalue weighted by Gasteiger charge is 2.11. The molecule has 1 aromatic heterocycles. The predicted octanol–water partition coefficient (Wildman–Crippen LogP) is 5.77. The average Bonchev–Trinajstić information content (AvgIpc) is 2.81. The molecular weight excluding hydrogens is 408 g/mol. The molecule has 32 heavy (non-hydrogen) atoms. The number of rotatable bonds is 6. The summed E-state index contributed by atoms with van der Waals surface area (Å²) in [5.74, 6) is -0.690. The summed E-state index contributed by atoms with van der Waals surface area (Å²) in [6, 6.07) is 21.4. The van der Waals surface area contributed by atoms with Gasteiger partial charge in [0.1, 0.15) is 17.3 Å². The zero-order valence-corrected chi connectivity index (χ0v) is 17.0. The van der Waals surface area contributed by atoms with E-state index in [1.807, 2.05) is 36.4 Å². The average molecular weight is 427 g/mol. The van der Waals surface area contributed by atoms with Gasteiger partial charge in [-0.1, -0.05) is 48.5 Å². The summed E-state index contributed by atoms with van der Waals surface area (Å²) < 4.78 is 26.4. The lowest BCUT2D eigenvalue weighted by Crippen LogP contribution is -2.16. The molecule has 0 saturated heterocycles. The van der Waals surface area contributed by atoms with E-state index in [0.29, 0.717) is 28.3 Å². The second-order valence-corrected chi connectivity index (χ2v) is 7.09. The Labute approximate surface area is 184 Å². The third-order valence-electron chi connectivity index (χ3n) is 4.71. The number of hydrogen-bond donors (Lipinski definition) is 1. The van der Waals surface area contributed by atoms with Gasteiger partial charge < -0.3 is 5.32 Å². The van der Waals surface area contributed by atoms with Crippen LogP contribution in [0.2, 0.25) is 0 Å². The van der Waals surface area contributed by atoms with Crippen LogP contribution in [0.1, 0.15) is 16.8 Å². The van der Waals surface area contributed by atoms with E-state index in [1.54, 1.807) is 30.3 Å². The third kappa shape index (κ3) is 5.49. The van der Waals surface area contributed by atoms with E-state index in [-0.39, 0.29) is 24.0 Å². The molecule has 0 aliphatic rings. The number of benzene rings is 3. The Hall–Kier alpha value is -4.19. The summed E-state index contributed by atoms with van der Waals surface area (Å²) >= 11 is 0. The van der Waals surface area contributed by atoms with E-state index < -0.39 is 0 Å². The third-order valence-corrected chi connectivity index (χ3v) is 4.71. The largest absolute Gasteiger partial charge is 0.309 e. The molecule has 3 aromatic carbocycles. The maximum atomic E-state index is 13.3. The Bertz CT molecular complexity index is 1240. The van der Waals surface area contributed by atoms with Crippen LogP contribution in [0, 0.1) is 11.6 Å². The molecule has 4 rings (SSSR count). The summed E-state index contributed by atoms with van der Waals surface area (Å²) in [4.78, 5) is 21.6. The molecule has 0 bridgehead atoms. The van der Waals surface area contributed by atoms with Gasteiger partial charge in [-0.25, -0.2) is 18.7 Å². The molecule has 6 heteroatoms. The van der Waals surface area contributed by atoms with Crippen LogP contribution in [0.5, 0.6) is 0 Å². The Morgan fingerprint density at radius 3 is 2.19 bits per heavy atom. The van der Waals surface area contributed by atoms with Crippen LogP contribution in [0.3, 0.4) is 0 Å². The van der Waals surface area contributed by atoms with Gasteiger partial charge in [-0.05, 0) is 53.6 Å². The van der Waals surface area contributed by atoms with E-state index in [2.05, 4.69) is 15.3 Å². The molecule has 1 heterocycles. The highest BCUT2D eigenvalue weighted by molar-refractivity contribution is 5.93. The van der Waals surface area contributed by atoms with E-state index in [1.165, 1.54) is 30.5 Å². The predicted molar refractivity (Wildman–Crippen MR) is 122 cm³/mol. The molecule has 0 spiro atoms. The van der Waals surface area contributed by atoms with Gasteiger partial charge in [0.25, 0.3) is 0 Å². The van der Waals surface area contributed by atoms with Gasteiger partial charge in [0.2, 0.25) is 5.91 Å². The van der Waals surface area contributed by atoms with Gasteiger partial charge in [-0.3, -0.25) is 4.79 Å². The van der Waals surface area contributed by atoms with Crippen molar-refractivity contribution in [3.63, 3.8) is 0 Å². The minimum atomic E-state index is -0.357. The highest BCUT2D eigenvalue weighted by Crippen LogP contribution is 2.22. The first-order chi connectivity index (χ1) is 15.6. The van der Waals surface area contributed by atoms with Crippen molar-refractivity contribution >= 4 is 23.9 Å². The summed E-state index contributed by atoms with van der Waals surface area (Å²) in [5.41, 5.74) is 3.36. The number of anilines is 1. The van der Waals surface area contributed by atoms with Crippen molar-refractivity contribution < 1.29 is 13.6 Å². The number of hydrogen-bond acceptors (Lipinski definition) is 3. The Balaban J connectivity index is 1.62. The normalized spacial score (nSPS) is 10.9. The van der Waals surface area contributed by atoms with Gasteiger partial charge in [0.15, 0.2) is 5.82 Å². The number of nitrogens with one attached hydrogen (secondary N) is 1. The molecule has 0 fully saturated rings. The van der Waals surface area contributed by atoms with Crippen LogP contribution in [0.4, 0.5) is 14.6 Å². The van der Waals surface area contributed by atoms with Crippen molar-refractivity contribution in [3.05, 3.63) is 114 Å². The molecule has 4 aromatic rings. The first-order valence-corrected chi connectivity index (χ1v) is 9.97. The van der Waals surface area contributed by atoms with Gasteiger partial charge in [-0.2, -0.15) is 0 Å². The summed E-state index contributed by atoms with van der Waals surface area (Å²) in [6.07, 6.45) is 5.24. The van der Waals surface area contributed by atoms with Crippen molar-refractivity contribution in [3.8, 4) is 11.3 Å². The van der Waals surface area contributed by atoms with Crippen molar-refractivity contribution in [1.29, 1.82) is 0 Å². The first-order valence-electron chi connectivity index (χ1n) is 9.97. The number of carbonyl (C=O) groups is 1. The molecular formula is C26H19F2N3O. The Morgan fingerprint density at radius 1 is 0.844 bits per heavy atom. The smallest absolute Gasteiger partial charge is 0.230 e. The molecule has 1 amide bonds. The number of nitrogens with zero attached hydrogens (tertiary/aromatic N) is 2. The minimum Gasteiger partial charge on any atom is -0.309 e. The molecule has 0 aliphatic heterocycles. The zero-order valence-electron chi connectivity index (χ0n) is 17.0. The SMILES string of the molecule is O=C(Cc1ccc(F)cc1)Nc1ncc(-c2ccc(F)cc2)nc1/C=C/c1ccccc1. The molecule has 0 radical (unpaired) electrons. The van der Waals surface area contributed by atoms with Crippen molar-refractivity contribution in [1.82, 2.24) is 9.97 Å². The van der Waals surface area contributed by atoms with Crippen LogP contribution >= 0.6 is 0 Å². The number of carbonyl (C=O) groups excluding carboxylic acids is 1. The Morgan fingerprint density at radius 2 is 1.50 bits per heavy atom. The van der Waals surface area contributed by atoms with Crippen LogP contribution in [0.15, 0.2) is 85.1 Å². The molecule has 4 nitrogen and oxygen atoms in total. The maximum absolute atomic E-state index is 13.3. The number of halogens is 2. The lowest BCUT2D eigenvalue weighted by Gasteiger charge is -2.10. The van der Waals surface area contributed by atoms with Crippen LogP contribution in [0.25, 0.3) is 23.4 Å². The van der Waals surface area contributed by atoms with E-state index in [9.17, 15) is 13.6 Å². The fraction of sp³-hybridized carbons (Fsp3) is 0.0385. The fourth-order valence-corrected chi connectivity index (χ4v) is 3.08. The molecule has 1 N–H and O–H groups in total. The lowest BCUT2D eigenvalue weighted by molar-refractivity contribution is -0.115. The molecule has 0 atom stereocenters. The van der Waals surface area contributed by atoms with Gasteiger partial charge in [0, 0.05) is 5.56 Å². The second-order valence-electron chi connectivity index (χ2n) is 7.09. The highest BCUT2D eigenvalue weighted by atomic mass is 19.1. The first kappa shape index (κ1) is 21.1. The van der Waals surface area contributed by atoms with Gasteiger partial charge >= 0.3 is 0 Å². The number of amides is 1. The van der Waals surface area contributed by atoms with Crippen LogP contribution in [-0.2, 0) is 11.2 Å². The summed E-state index contributed by atoms with van der Waals surface area (Å²) in [7, 11) is 0. The van der Waals surface area contributed by atoms with Crippen LogP contribution < -0.4 is 5.32 Å². The van der Waals surface area contributed by atoms with E-state index in [4.69, 9.17) is 0 Å². The lowest BCUT2D eigenvalue weighted by atomic mass is 10.1. The molecule has 0 unspecified atom stereocenters. The molecule has 0 aliphatic carbocycles. The Kier molecular flexibility index (Phi) is 6.41. The van der Waals surface area contributed by atoms with Crippen LogP contribution in [-0.4, -0.2) is 15.9 Å². The minimum absolute atomic E-state index is 0.0729. The van der Waals surface area contributed by atoms with E-state index in [0.717, 1.165) is 5.56 Å². The number of aromatic nitrogens is 2. The topological polar surface area (TPSA) is 54.9 Å². The summed E-state index contributed by atoms with van der Waals surface area (Å²) in [5, 5.41) is 2.78. The fourth-order valence-electron chi connectivity index (χ4n) is 3.08. The molecule has 0 saturated carbocycles. The van der Waals surface area contributed by atoms with Crippen molar-refractivity contribution in [2.45, 2.75) is 6.42 Å².